The summed E-state index contributed by atoms with van der Waals surface area (Å²) in [5.74, 6) is 1.01. The predicted molar refractivity (Wildman–Crippen MR) is 103 cm³/mol. The van der Waals surface area contributed by atoms with Crippen molar-refractivity contribution in [2.24, 2.45) is 4.99 Å². The molecule has 3 heterocycles. The fourth-order valence-electron chi connectivity index (χ4n) is 4.13. The van der Waals surface area contributed by atoms with Crippen LogP contribution in [0, 0.1) is 0 Å². The molecule has 7 nitrogen and oxygen atoms in total. The fourth-order valence-corrected chi connectivity index (χ4v) is 4.13. The summed E-state index contributed by atoms with van der Waals surface area (Å²) in [7, 11) is 0. The van der Waals surface area contributed by atoms with Gasteiger partial charge >= 0.3 is 0 Å². The second-order valence-electron chi connectivity index (χ2n) is 7.61. The maximum Gasteiger partial charge on any atom is 0.194 e. The number of nitrogens with zero attached hydrogens (tertiary/aromatic N) is 3. The van der Waals surface area contributed by atoms with Gasteiger partial charge in [-0.15, -0.1) is 0 Å². The molecule has 3 rings (SSSR count). The first-order valence-corrected chi connectivity index (χ1v) is 10.3. The Bertz CT molecular complexity index is 456. The third kappa shape index (κ3) is 5.09. The van der Waals surface area contributed by atoms with Crippen LogP contribution in [0.1, 0.15) is 33.6 Å². The van der Waals surface area contributed by atoms with E-state index in [0.717, 1.165) is 78.0 Å². The molecule has 3 aliphatic rings. The summed E-state index contributed by atoms with van der Waals surface area (Å²) in [6.45, 7) is 14.3. The van der Waals surface area contributed by atoms with Crippen LogP contribution in [0.25, 0.3) is 0 Å². The summed E-state index contributed by atoms with van der Waals surface area (Å²) in [5, 5.41) is 3.47. The van der Waals surface area contributed by atoms with Crippen LogP contribution in [-0.2, 0) is 14.2 Å². The molecule has 0 aromatic carbocycles. The molecule has 0 aliphatic carbocycles. The van der Waals surface area contributed by atoms with E-state index in [2.05, 4.69) is 35.9 Å². The van der Waals surface area contributed by atoms with Gasteiger partial charge in [0.2, 0.25) is 0 Å². The van der Waals surface area contributed by atoms with Crippen molar-refractivity contribution in [3.8, 4) is 0 Å². The Morgan fingerprint density at radius 2 is 2.04 bits per heavy atom. The Hall–Kier alpha value is -0.890. The number of guanidine groups is 1. The van der Waals surface area contributed by atoms with Gasteiger partial charge in [0.15, 0.2) is 5.96 Å². The van der Waals surface area contributed by atoms with Crippen LogP contribution in [0.15, 0.2) is 4.99 Å². The number of ether oxygens (including phenoxy) is 3. The molecule has 26 heavy (non-hydrogen) atoms. The zero-order valence-corrected chi connectivity index (χ0v) is 16.7. The molecule has 0 aromatic rings. The highest BCUT2D eigenvalue weighted by atomic mass is 16.5. The van der Waals surface area contributed by atoms with Crippen LogP contribution in [0.2, 0.25) is 0 Å². The van der Waals surface area contributed by atoms with E-state index in [0.29, 0.717) is 12.1 Å². The van der Waals surface area contributed by atoms with Crippen LogP contribution in [0.4, 0.5) is 0 Å². The lowest BCUT2D eigenvalue weighted by Crippen LogP contribution is -2.54. The first kappa shape index (κ1) is 19.9. The van der Waals surface area contributed by atoms with Crippen molar-refractivity contribution in [3.63, 3.8) is 0 Å². The Labute approximate surface area is 158 Å². The van der Waals surface area contributed by atoms with Crippen LogP contribution in [0.3, 0.4) is 0 Å². The van der Waals surface area contributed by atoms with Crippen molar-refractivity contribution in [3.05, 3.63) is 0 Å². The molecule has 0 amide bonds. The normalized spacial score (nSPS) is 32.7. The zero-order valence-electron chi connectivity index (χ0n) is 16.7. The molecule has 4 unspecified atom stereocenters. The average molecular weight is 369 g/mol. The maximum absolute atomic E-state index is 5.98. The van der Waals surface area contributed by atoms with Gasteiger partial charge in [0.25, 0.3) is 0 Å². The van der Waals surface area contributed by atoms with Gasteiger partial charge in [-0.05, 0) is 33.6 Å². The molecular weight excluding hydrogens is 332 g/mol. The average Bonchev–Trinajstić information content (AvgIpc) is 3.20. The molecule has 0 spiro atoms. The number of aliphatic imine (C=N–C) groups is 1. The van der Waals surface area contributed by atoms with Crippen molar-refractivity contribution in [2.75, 3.05) is 59.2 Å². The van der Waals surface area contributed by atoms with Gasteiger partial charge in [-0.3, -0.25) is 9.89 Å². The number of morpholine rings is 2. The summed E-state index contributed by atoms with van der Waals surface area (Å²) in [4.78, 5) is 9.81. The smallest absolute Gasteiger partial charge is 0.194 e. The van der Waals surface area contributed by atoms with Gasteiger partial charge in [-0.2, -0.15) is 0 Å². The summed E-state index contributed by atoms with van der Waals surface area (Å²) in [6, 6.07) is 0.876. The standard InChI is InChI=1S/C19H36N4O3/c1-4-20-19(21-12-15(2)23-8-10-24-14-16(23)3)22-7-11-26-18(13-22)17-6-5-9-25-17/h15-18H,4-14H2,1-3H3,(H,20,21). The molecule has 3 fully saturated rings. The first-order chi connectivity index (χ1) is 12.7. The van der Waals surface area contributed by atoms with E-state index in [-0.39, 0.29) is 12.2 Å². The lowest BCUT2D eigenvalue weighted by atomic mass is 10.1. The zero-order chi connectivity index (χ0) is 18.4. The Balaban J connectivity index is 1.58. The van der Waals surface area contributed by atoms with E-state index in [4.69, 9.17) is 19.2 Å². The second-order valence-corrected chi connectivity index (χ2v) is 7.61. The molecule has 3 aliphatic heterocycles. The lowest BCUT2D eigenvalue weighted by molar-refractivity contribution is -0.0817. The number of nitrogens with one attached hydrogen (secondary N) is 1. The number of rotatable bonds is 5. The Morgan fingerprint density at radius 3 is 2.77 bits per heavy atom. The van der Waals surface area contributed by atoms with Crippen LogP contribution >= 0.6 is 0 Å². The van der Waals surface area contributed by atoms with Crippen molar-refractivity contribution in [1.29, 1.82) is 0 Å². The highest BCUT2D eigenvalue weighted by Crippen LogP contribution is 2.21. The van der Waals surface area contributed by atoms with E-state index >= 15 is 0 Å². The van der Waals surface area contributed by atoms with Gasteiger partial charge < -0.3 is 24.4 Å². The molecule has 1 N–H and O–H groups in total. The predicted octanol–water partition coefficient (Wildman–Crippen LogP) is 0.941. The van der Waals surface area contributed by atoms with Crippen molar-refractivity contribution >= 4 is 5.96 Å². The lowest BCUT2D eigenvalue weighted by Gasteiger charge is -2.38. The third-order valence-corrected chi connectivity index (χ3v) is 5.60. The Kier molecular flexibility index (Phi) is 7.54. The molecule has 0 saturated carbocycles. The monoisotopic (exact) mass is 368 g/mol. The van der Waals surface area contributed by atoms with Crippen LogP contribution < -0.4 is 5.32 Å². The van der Waals surface area contributed by atoms with Crippen molar-refractivity contribution in [2.45, 2.75) is 57.9 Å². The van der Waals surface area contributed by atoms with E-state index in [1.807, 2.05) is 0 Å². The van der Waals surface area contributed by atoms with E-state index < -0.39 is 0 Å². The third-order valence-electron chi connectivity index (χ3n) is 5.60. The second kappa shape index (κ2) is 9.88. The van der Waals surface area contributed by atoms with Gasteiger partial charge in [0, 0.05) is 44.9 Å². The Morgan fingerprint density at radius 1 is 1.19 bits per heavy atom. The first-order valence-electron chi connectivity index (χ1n) is 10.3. The fraction of sp³-hybridized carbons (Fsp3) is 0.947. The molecule has 0 bridgehead atoms. The molecule has 7 heteroatoms. The molecule has 150 valence electrons. The minimum atomic E-state index is 0.159. The largest absolute Gasteiger partial charge is 0.379 e. The summed E-state index contributed by atoms with van der Waals surface area (Å²) < 4.78 is 17.4. The molecule has 4 atom stereocenters. The minimum absolute atomic E-state index is 0.159. The molecular formula is C19H36N4O3. The topological polar surface area (TPSA) is 58.6 Å². The van der Waals surface area contributed by atoms with Gasteiger partial charge in [-0.25, -0.2) is 0 Å². The van der Waals surface area contributed by atoms with Gasteiger partial charge in [0.05, 0.1) is 32.5 Å². The summed E-state index contributed by atoms with van der Waals surface area (Å²) >= 11 is 0. The van der Waals surface area contributed by atoms with Gasteiger partial charge in [-0.1, -0.05) is 0 Å². The molecule has 3 saturated heterocycles. The highest BCUT2D eigenvalue weighted by molar-refractivity contribution is 5.80. The van der Waals surface area contributed by atoms with Crippen molar-refractivity contribution < 1.29 is 14.2 Å². The van der Waals surface area contributed by atoms with Gasteiger partial charge in [0.1, 0.15) is 6.10 Å². The van der Waals surface area contributed by atoms with Crippen LogP contribution in [-0.4, -0.2) is 99.2 Å². The number of hydrogen-bond donors (Lipinski definition) is 1. The van der Waals surface area contributed by atoms with E-state index in [9.17, 15) is 0 Å². The quantitative estimate of drug-likeness (QED) is 0.576. The molecule has 0 radical (unpaired) electrons. The minimum Gasteiger partial charge on any atom is -0.379 e. The summed E-state index contributed by atoms with van der Waals surface area (Å²) in [6.07, 6.45) is 2.66. The summed E-state index contributed by atoms with van der Waals surface area (Å²) in [5.41, 5.74) is 0. The van der Waals surface area contributed by atoms with E-state index in [1.165, 1.54) is 0 Å². The highest BCUT2D eigenvalue weighted by Gasteiger charge is 2.32. The SMILES string of the molecule is CCNC(=NCC(C)N1CCOCC1C)N1CCOC(C2CCCO2)C1. The molecule has 0 aromatic heterocycles. The van der Waals surface area contributed by atoms with Crippen LogP contribution in [0.5, 0.6) is 0 Å². The van der Waals surface area contributed by atoms with Crippen molar-refractivity contribution in [1.82, 2.24) is 15.1 Å². The number of hydrogen-bond acceptors (Lipinski definition) is 5. The van der Waals surface area contributed by atoms with E-state index in [1.54, 1.807) is 0 Å². The maximum atomic E-state index is 5.98.